The zero-order valence-corrected chi connectivity index (χ0v) is 14.2. The summed E-state index contributed by atoms with van der Waals surface area (Å²) in [6.07, 6.45) is -0.555. The number of rotatable bonds is 2. The molecule has 1 heterocycles. The molecule has 5 nitrogen and oxygen atoms in total. The Labute approximate surface area is 141 Å². The van der Waals surface area contributed by atoms with E-state index >= 15 is 0 Å². The summed E-state index contributed by atoms with van der Waals surface area (Å²) in [6, 6.07) is 11.0. The van der Waals surface area contributed by atoms with Crippen molar-refractivity contribution in [3.05, 3.63) is 53.1 Å². The van der Waals surface area contributed by atoms with Crippen LogP contribution >= 0.6 is 0 Å². The molecule has 1 aliphatic rings. The molecule has 1 aliphatic heterocycles. The van der Waals surface area contributed by atoms with Gasteiger partial charge in [0, 0.05) is 18.3 Å². The molecule has 3 rings (SSSR count). The molecule has 2 aromatic carbocycles. The molecule has 0 aliphatic carbocycles. The van der Waals surface area contributed by atoms with Gasteiger partial charge in [-0.15, -0.1) is 0 Å². The van der Waals surface area contributed by atoms with Gasteiger partial charge in [-0.2, -0.15) is 0 Å². The number of carbonyl (C=O) groups is 2. The highest BCUT2D eigenvalue weighted by Crippen LogP contribution is 2.34. The van der Waals surface area contributed by atoms with E-state index in [1.165, 1.54) is 0 Å². The Bertz CT molecular complexity index is 829. The molecule has 0 saturated carbocycles. The predicted octanol–water partition coefficient (Wildman–Crippen LogP) is 3.30. The Hall–Kier alpha value is -2.82. The highest BCUT2D eigenvalue weighted by Gasteiger charge is 2.29. The number of benzene rings is 2. The number of ether oxygens (including phenoxy) is 1. The Kier molecular flexibility index (Phi) is 4.01. The van der Waals surface area contributed by atoms with Gasteiger partial charge in [0.25, 0.3) is 11.8 Å². The molecule has 0 saturated heterocycles. The average Bonchev–Trinajstić information content (AvgIpc) is 2.54. The maximum Gasteiger partial charge on any atom is 0.267 e. The number of hydrogen-bond acceptors (Lipinski definition) is 3. The highest BCUT2D eigenvalue weighted by atomic mass is 16.5. The average molecular weight is 324 g/mol. The van der Waals surface area contributed by atoms with Gasteiger partial charge in [0.1, 0.15) is 5.75 Å². The van der Waals surface area contributed by atoms with E-state index in [-0.39, 0.29) is 11.8 Å². The summed E-state index contributed by atoms with van der Waals surface area (Å²) in [6.45, 7) is 5.67. The monoisotopic (exact) mass is 324 g/mol. The SMILES string of the molecule is Cc1ccc(NC(=O)c2ccc3c(c2)OC(C)C(=O)N3C)c(C)c1. The Morgan fingerprint density at radius 1 is 1.17 bits per heavy atom. The van der Waals surface area contributed by atoms with Crippen LogP contribution in [0, 0.1) is 13.8 Å². The van der Waals surface area contributed by atoms with E-state index in [9.17, 15) is 9.59 Å². The summed E-state index contributed by atoms with van der Waals surface area (Å²) < 4.78 is 5.62. The second-order valence-electron chi connectivity index (χ2n) is 6.11. The summed E-state index contributed by atoms with van der Waals surface area (Å²) in [5, 5.41) is 2.92. The Morgan fingerprint density at radius 3 is 2.62 bits per heavy atom. The van der Waals surface area contributed by atoms with E-state index in [2.05, 4.69) is 5.32 Å². The molecule has 2 aromatic rings. The van der Waals surface area contributed by atoms with Crippen LogP contribution in [0.1, 0.15) is 28.4 Å². The van der Waals surface area contributed by atoms with Gasteiger partial charge < -0.3 is 15.0 Å². The second-order valence-corrected chi connectivity index (χ2v) is 6.11. The number of hydrogen-bond donors (Lipinski definition) is 1. The molecule has 24 heavy (non-hydrogen) atoms. The molecule has 0 fully saturated rings. The number of nitrogens with zero attached hydrogens (tertiary/aromatic N) is 1. The zero-order chi connectivity index (χ0) is 17.4. The minimum atomic E-state index is -0.555. The fourth-order valence-electron chi connectivity index (χ4n) is 2.81. The van der Waals surface area contributed by atoms with Crippen LogP contribution in [0.5, 0.6) is 5.75 Å². The minimum Gasteiger partial charge on any atom is -0.479 e. The van der Waals surface area contributed by atoms with Crippen LogP contribution in [0.4, 0.5) is 11.4 Å². The lowest BCUT2D eigenvalue weighted by molar-refractivity contribution is -0.125. The lowest BCUT2D eigenvalue weighted by Crippen LogP contribution is -2.42. The van der Waals surface area contributed by atoms with E-state index in [0.29, 0.717) is 17.0 Å². The van der Waals surface area contributed by atoms with E-state index in [1.54, 1.807) is 37.1 Å². The van der Waals surface area contributed by atoms with Gasteiger partial charge in [-0.1, -0.05) is 17.7 Å². The largest absolute Gasteiger partial charge is 0.479 e. The van der Waals surface area contributed by atoms with Crippen molar-refractivity contribution in [2.45, 2.75) is 26.9 Å². The Morgan fingerprint density at radius 2 is 1.92 bits per heavy atom. The van der Waals surface area contributed by atoms with Crippen molar-refractivity contribution in [2.24, 2.45) is 0 Å². The van der Waals surface area contributed by atoms with Gasteiger partial charge in [0.15, 0.2) is 6.10 Å². The van der Waals surface area contributed by atoms with E-state index < -0.39 is 6.10 Å². The van der Waals surface area contributed by atoms with Crippen molar-refractivity contribution >= 4 is 23.2 Å². The first kappa shape index (κ1) is 16.1. The number of amides is 2. The van der Waals surface area contributed by atoms with Crippen molar-refractivity contribution in [3.8, 4) is 5.75 Å². The standard InChI is InChI=1S/C19H20N2O3/c1-11-5-7-15(12(2)9-11)20-18(22)14-6-8-16-17(10-14)24-13(3)19(23)21(16)4/h5-10,13H,1-4H3,(H,20,22). The Balaban J connectivity index is 1.86. The van der Waals surface area contributed by atoms with Crippen LogP contribution < -0.4 is 15.0 Å². The topological polar surface area (TPSA) is 58.6 Å². The summed E-state index contributed by atoms with van der Waals surface area (Å²) in [5.74, 6) is 0.230. The van der Waals surface area contributed by atoms with Crippen LogP contribution in [-0.4, -0.2) is 25.0 Å². The van der Waals surface area contributed by atoms with Crippen LogP contribution in [0.2, 0.25) is 0 Å². The molecule has 0 spiro atoms. The lowest BCUT2D eigenvalue weighted by atomic mass is 10.1. The van der Waals surface area contributed by atoms with Gasteiger partial charge in [-0.25, -0.2) is 0 Å². The van der Waals surface area contributed by atoms with E-state index in [1.807, 2.05) is 32.0 Å². The molecule has 1 atom stereocenters. The molecule has 2 amide bonds. The molecular formula is C19H20N2O3. The number of nitrogens with one attached hydrogen (secondary N) is 1. The molecule has 0 radical (unpaired) electrons. The normalized spacial score (nSPS) is 16.4. The molecule has 0 bridgehead atoms. The number of aryl methyl sites for hydroxylation is 2. The number of fused-ring (bicyclic) bond motifs is 1. The lowest BCUT2D eigenvalue weighted by Gasteiger charge is -2.30. The maximum absolute atomic E-state index is 12.5. The molecule has 5 heteroatoms. The number of likely N-dealkylation sites (N-methyl/N-ethyl adjacent to an activating group) is 1. The van der Waals surface area contributed by atoms with E-state index in [0.717, 1.165) is 16.8 Å². The summed E-state index contributed by atoms with van der Waals surface area (Å²) in [7, 11) is 1.70. The fraction of sp³-hybridized carbons (Fsp3) is 0.263. The molecule has 1 unspecified atom stereocenters. The summed E-state index contributed by atoms with van der Waals surface area (Å²) in [4.78, 5) is 26.0. The minimum absolute atomic E-state index is 0.102. The van der Waals surface area contributed by atoms with Crippen molar-refractivity contribution in [1.29, 1.82) is 0 Å². The van der Waals surface area contributed by atoms with Gasteiger partial charge in [0.2, 0.25) is 0 Å². The smallest absolute Gasteiger partial charge is 0.267 e. The summed E-state index contributed by atoms with van der Waals surface area (Å²) in [5.41, 5.74) is 4.10. The van der Waals surface area contributed by atoms with Gasteiger partial charge >= 0.3 is 0 Å². The zero-order valence-electron chi connectivity index (χ0n) is 14.2. The van der Waals surface area contributed by atoms with Crippen LogP contribution in [0.3, 0.4) is 0 Å². The molecule has 0 aromatic heterocycles. The van der Waals surface area contributed by atoms with Crippen molar-refractivity contribution in [2.75, 3.05) is 17.3 Å². The fourth-order valence-corrected chi connectivity index (χ4v) is 2.81. The molecule has 1 N–H and O–H groups in total. The first-order chi connectivity index (χ1) is 11.4. The van der Waals surface area contributed by atoms with Crippen molar-refractivity contribution in [1.82, 2.24) is 0 Å². The van der Waals surface area contributed by atoms with Gasteiger partial charge in [-0.3, -0.25) is 9.59 Å². The van der Waals surface area contributed by atoms with Crippen LogP contribution in [0.25, 0.3) is 0 Å². The van der Waals surface area contributed by atoms with Gasteiger partial charge in [-0.05, 0) is 50.6 Å². The van der Waals surface area contributed by atoms with Crippen LogP contribution in [0.15, 0.2) is 36.4 Å². The number of carbonyl (C=O) groups excluding carboxylic acids is 2. The number of anilines is 2. The predicted molar refractivity (Wildman–Crippen MR) is 93.8 cm³/mol. The second kappa shape index (κ2) is 6.00. The van der Waals surface area contributed by atoms with Crippen molar-refractivity contribution < 1.29 is 14.3 Å². The quantitative estimate of drug-likeness (QED) is 0.922. The van der Waals surface area contributed by atoms with Gasteiger partial charge in [0.05, 0.1) is 5.69 Å². The summed E-state index contributed by atoms with van der Waals surface area (Å²) >= 11 is 0. The van der Waals surface area contributed by atoms with Crippen molar-refractivity contribution in [3.63, 3.8) is 0 Å². The maximum atomic E-state index is 12.5. The van der Waals surface area contributed by atoms with E-state index in [4.69, 9.17) is 4.74 Å². The first-order valence-corrected chi connectivity index (χ1v) is 7.83. The third kappa shape index (κ3) is 2.85. The molecular weight excluding hydrogens is 304 g/mol. The third-order valence-electron chi connectivity index (χ3n) is 4.20. The first-order valence-electron chi connectivity index (χ1n) is 7.83. The third-order valence-corrected chi connectivity index (χ3v) is 4.20. The van der Waals surface area contributed by atoms with Crippen LogP contribution in [-0.2, 0) is 4.79 Å². The molecule has 124 valence electrons. The highest BCUT2D eigenvalue weighted by molar-refractivity contribution is 6.06.